The van der Waals surface area contributed by atoms with Gasteiger partial charge in [-0.25, -0.2) is 0 Å². The van der Waals surface area contributed by atoms with Gasteiger partial charge in [-0.05, 0) is 37.6 Å². The monoisotopic (exact) mass is 284 g/mol. The first-order valence-electron chi connectivity index (χ1n) is 7.00. The maximum atomic E-state index is 12.4. The van der Waals surface area contributed by atoms with Crippen molar-refractivity contribution in [1.82, 2.24) is 4.90 Å². The van der Waals surface area contributed by atoms with Crippen molar-refractivity contribution in [3.63, 3.8) is 0 Å². The molecule has 0 aliphatic rings. The number of aliphatic hydroxyl groups excluding tert-OH is 1. The van der Waals surface area contributed by atoms with Gasteiger partial charge in [-0.3, -0.25) is 4.79 Å². The largest absolute Gasteiger partial charge is 0.395 e. The number of aryl methyl sites for hydroxylation is 1. The van der Waals surface area contributed by atoms with Crippen LogP contribution in [-0.2, 0) is 0 Å². The zero-order chi connectivity index (χ0) is 15.7. The van der Waals surface area contributed by atoms with Gasteiger partial charge in [0.05, 0.1) is 19.1 Å². The molecule has 0 aliphatic carbocycles. The first-order valence-corrected chi connectivity index (χ1v) is 7.00. The summed E-state index contributed by atoms with van der Waals surface area (Å²) in [6.07, 6.45) is 0.779. The molecule has 0 fully saturated rings. The van der Waals surface area contributed by atoms with Crippen LogP contribution in [0.4, 0.5) is 0 Å². The van der Waals surface area contributed by atoms with E-state index in [9.17, 15) is 4.79 Å². The van der Waals surface area contributed by atoms with Crippen molar-refractivity contribution in [2.75, 3.05) is 19.7 Å². The summed E-state index contributed by atoms with van der Waals surface area (Å²) >= 11 is 0. The minimum Gasteiger partial charge on any atom is -0.395 e. The maximum Gasteiger partial charge on any atom is 0.253 e. The van der Waals surface area contributed by atoms with Gasteiger partial charge < -0.3 is 10.0 Å². The van der Waals surface area contributed by atoms with Crippen LogP contribution in [0.25, 0.3) is 0 Å². The summed E-state index contributed by atoms with van der Waals surface area (Å²) < 4.78 is 0. The number of rotatable bonds is 5. The molecule has 0 aliphatic heterocycles. The predicted octanol–water partition coefficient (Wildman–Crippen LogP) is 2.10. The van der Waals surface area contributed by atoms with Crippen LogP contribution in [0.2, 0.25) is 0 Å². The molecular formula is C17H20N2O2. The molecule has 0 aromatic heterocycles. The van der Waals surface area contributed by atoms with Crippen molar-refractivity contribution in [1.29, 1.82) is 5.26 Å². The Labute approximate surface area is 126 Å². The van der Waals surface area contributed by atoms with Gasteiger partial charge in [0.15, 0.2) is 0 Å². The predicted molar refractivity (Wildman–Crippen MR) is 81.6 cm³/mol. The smallest absolute Gasteiger partial charge is 0.253 e. The number of aliphatic hydroxyl groups is 1. The first-order chi connectivity index (χ1) is 10.1. The Morgan fingerprint density at radius 1 is 1.38 bits per heavy atom. The Bertz CT molecular complexity index is 591. The highest BCUT2D eigenvalue weighted by Gasteiger charge is 2.14. The van der Waals surface area contributed by atoms with E-state index in [1.165, 1.54) is 0 Å². The summed E-state index contributed by atoms with van der Waals surface area (Å²) in [6, 6.07) is 7.46. The van der Waals surface area contributed by atoms with E-state index in [1.54, 1.807) is 11.0 Å². The molecule has 1 aromatic rings. The number of carbonyl (C=O) groups is 1. The van der Waals surface area contributed by atoms with Gasteiger partial charge in [0.1, 0.15) is 0 Å². The molecule has 1 aromatic carbocycles. The van der Waals surface area contributed by atoms with Crippen molar-refractivity contribution in [3.05, 3.63) is 34.9 Å². The zero-order valence-electron chi connectivity index (χ0n) is 12.5. The van der Waals surface area contributed by atoms with Crippen LogP contribution in [-0.4, -0.2) is 35.6 Å². The number of amides is 1. The van der Waals surface area contributed by atoms with Gasteiger partial charge in [0, 0.05) is 30.6 Å². The lowest BCUT2D eigenvalue weighted by atomic mass is 10.0. The minimum atomic E-state index is -0.0642. The normalized spacial score (nSPS) is 9.43. The van der Waals surface area contributed by atoms with Gasteiger partial charge in [-0.15, -0.1) is 0 Å². The second-order valence-electron chi connectivity index (χ2n) is 4.60. The molecule has 4 nitrogen and oxygen atoms in total. The van der Waals surface area contributed by atoms with E-state index in [0.717, 1.165) is 11.1 Å². The molecule has 0 unspecified atom stereocenters. The van der Waals surface area contributed by atoms with E-state index in [0.29, 0.717) is 31.5 Å². The Hall–Kier alpha value is -2.30. The van der Waals surface area contributed by atoms with Crippen LogP contribution in [0.15, 0.2) is 18.2 Å². The lowest BCUT2D eigenvalue weighted by Gasteiger charge is -2.19. The standard InChI is InChI=1S/C17H20N2O2/c1-3-19(11-6-10-18)17(21)16-9-8-15(14(2)13-16)7-4-5-12-20/h8-9,13,20H,3,5-6,11-12H2,1-2H3. The average Bonchev–Trinajstić information content (AvgIpc) is 2.49. The van der Waals surface area contributed by atoms with Gasteiger partial charge in [-0.1, -0.05) is 11.8 Å². The van der Waals surface area contributed by atoms with Crippen LogP contribution >= 0.6 is 0 Å². The second kappa shape index (κ2) is 8.79. The van der Waals surface area contributed by atoms with E-state index < -0.39 is 0 Å². The van der Waals surface area contributed by atoms with Crippen LogP contribution in [0.5, 0.6) is 0 Å². The molecule has 0 radical (unpaired) electrons. The molecule has 0 spiro atoms. The molecule has 110 valence electrons. The number of hydrogen-bond acceptors (Lipinski definition) is 3. The van der Waals surface area contributed by atoms with Crippen molar-refractivity contribution >= 4 is 5.91 Å². The summed E-state index contributed by atoms with van der Waals surface area (Å²) in [4.78, 5) is 14.0. The van der Waals surface area contributed by atoms with E-state index in [4.69, 9.17) is 10.4 Å². The topological polar surface area (TPSA) is 64.3 Å². The molecule has 0 atom stereocenters. The van der Waals surface area contributed by atoms with Crippen molar-refractivity contribution in [3.8, 4) is 17.9 Å². The molecule has 0 saturated carbocycles. The first kappa shape index (κ1) is 16.8. The fourth-order valence-electron chi connectivity index (χ4n) is 1.92. The molecule has 0 saturated heterocycles. The van der Waals surface area contributed by atoms with Crippen LogP contribution in [0.3, 0.4) is 0 Å². The third-order valence-electron chi connectivity index (χ3n) is 3.10. The minimum absolute atomic E-state index is 0.0486. The molecular weight excluding hydrogens is 264 g/mol. The molecule has 1 rings (SSSR count). The average molecular weight is 284 g/mol. The molecule has 1 N–H and O–H groups in total. The van der Waals surface area contributed by atoms with Crippen LogP contribution in [0, 0.1) is 30.1 Å². The SMILES string of the molecule is CCN(CCC#N)C(=O)c1ccc(C#CCCO)c(C)c1. The van der Waals surface area contributed by atoms with Gasteiger partial charge >= 0.3 is 0 Å². The second-order valence-corrected chi connectivity index (χ2v) is 4.60. The molecule has 4 heteroatoms. The van der Waals surface area contributed by atoms with Crippen molar-refractivity contribution in [2.45, 2.75) is 26.7 Å². The Morgan fingerprint density at radius 3 is 2.71 bits per heavy atom. The van der Waals surface area contributed by atoms with E-state index in [-0.39, 0.29) is 12.5 Å². The molecule has 0 bridgehead atoms. The number of benzene rings is 1. The lowest BCUT2D eigenvalue weighted by Crippen LogP contribution is -2.31. The third-order valence-corrected chi connectivity index (χ3v) is 3.10. The van der Waals surface area contributed by atoms with E-state index >= 15 is 0 Å². The quantitative estimate of drug-likeness (QED) is 0.842. The molecule has 0 heterocycles. The highest BCUT2D eigenvalue weighted by Crippen LogP contribution is 2.12. The third kappa shape index (κ3) is 4.95. The number of hydrogen-bond donors (Lipinski definition) is 1. The van der Waals surface area contributed by atoms with E-state index in [2.05, 4.69) is 17.9 Å². The Morgan fingerprint density at radius 2 is 2.14 bits per heavy atom. The summed E-state index contributed by atoms with van der Waals surface area (Å²) in [6.45, 7) is 4.88. The summed E-state index contributed by atoms with van der Waals surface area (Å²) in [5.74, 6) is 5.79. The Balaban J connectivity index is 2.90. The summed E-state index contributed by atoms with van der Waals surface area (Å²) in [5.41, 5.74) is 2.41. The maximum absolute atomic E-state index is 12.4. The van der Waals surface area contributed by atoms with Gasteiger partial charge in [0.25, 0.3) is 5.91 Å². The number of nitriles is 1. The highest BCUT2D eigenvalue weighted by molar-refractivity contribution is 5.94. The zero-order valence-corrected chi connectivity index (χ0v) is 12.5. The fourth-order valence-corrected chi connectivity index (χ4v) is 1.92. The Kier molecular flexibility index (Phi) is 7.01. The lowest BCUT2D eigenvalue weighted by molar-refractivity contribution is 0.0767. The number of carbonyl (C=O) groups excluding carboxylic acids is 1. The van der Waals surface area contributed by atoms with Crippen molar-refractivity contribution in [2.24, 2.45) is 0 Å². The van der Waals surface area contributed by atoms with Crippen LogP contribution < -0.4 is 0 Å². The van der Waals surface area contributed by atoms with Crippen molar-refractivity contribution < 1.29 is 9.90 Å². The fraction of sp³-hybridized carbons (Fsp3) is 0.412. The van der Waals surface area contributed by atoms with Crippen LogP contribution in [0.1, 0.15) is 41.3 Å². The van der Waals surface area contributed by atoms with Gasteiger partial charge in [-0.2, -0.15) is 5.26 Å². The summed E-state index contributed by atoms with van der Waals surface area (Å²) in [7, 11) is 0. The highest BCUT2D eigenvalue weighted by atomic mass is 16.2. The number of nitrogens with zero attached hydrogens (tertiary/aromatic N) is 2. The summed E-state index contributed by atoms with van der Waals surface area (Å²) in [5, 5.41) is 17.3. The molecule has 21 heavy (non-hydrogen) atoms. The van der Waals surface area contributed by atoms with E-state index in [1.807, 2.05) is 26.0 Å². The molecule has 1 amide bonds. The van der Waals surface area contributed by atoms with Gasteiger partial charge in [0.2, 0.25) is 0 Å².